The maximum atomic E-state index is 11.6. The molecule has 0 saturated carbocycles. The highest BCUT2D eigenvalue weighted by atomic mass is 35.5. The first-order valence-electron chi connectivity index (χ1n) is 7.30. The average molecular weight is 350 g/mol. The summed E-state index contributed by atoms with van der Waals surface area (Å²) in [6, 6.07) is 17.9. The molecule has 6 nitrogen and oxygen atoms in total. The molecule has 24 heavy (non-hydrogen) atoms. The smallest absolute Gasteiger partial charge is 0.415 e. The largest absolute Gasteiger partial charge is 1.00 e. The van der Waals surface area contributed by atoms with Gasteiger partial charge in [-0.15, -0.1) is 0 Å². The molecule has 0 saturated heterocycles. The zero-order chi connectivity index (χ0) is 16.5. The number of hydrogen-bond donors (Lipinski definition) is 3. The van der Waals surface area contributed by atoms with Crippen LogP contribution in [0, 0.1) is 0 Å². The number of rotatable bonds is 5. The van der Waals surface area contributed by atoms with E-state index in [0.717, 1.165) is 5.56 Å². The Bertz CT molecular complexity index is 638. The lowest BCUT2D eigenvalue weighted by molar-refractivity contribution is -0.424. The van der Waals surface area contributed by atoms with Gasteiger partial charge in [0.2, 0.25) is 0 Å². The zero-order valence-electron chi connectivity index (χ0n) is 13.1. The predicted octanol–water partition coefficient (Wildman–Crippen LogP) is -1.20. The van der Waals surface area contributed by atoms with Crippen LogP contribution in [0.5, 0.6) is 0 Å². The van der Waals surface area contributed by atoms with Gasteiger partial charge in [0.25, 0.3) is 0 Å². The molecule has 0 spiro atoms. The van der Waals surface area contributed by atoms with Crippen molar-refractivity contribution in [1.29, 1.82) is 0 Å². The third kappa shape index (κ3) is 7.13. The number of hydrogen-bond acceptors (Lipinski definition) is 3. The van der Waals surface area contributed by atoms with Crippen LogP contribution in [0.2, 0.25) is 0 Å². The fraction of sp³-hybridized carbons (Fsp3) is 0.176. The molecular formula is C17H20ClN3O3. The van der Waals surface area contributed by atoms with Crippen molar-refractivity contribution < 1.29 is 32.5 Å². The fourth-order valence-electron chi connectivity index (χ4n) is 2.01. The SMILES string of the molecule is [Cl-].[NH3+][C@@H](COC(=O)NC(=O)Nc1ccccc1)Cc1ccccc1. The van der Waals surface area contributed by atoms with Crippen molar-refractivity contribution in [3.8, 4) is 0 Å². The molecule has 1 atom stereocenters. The lowest BCUT2D eigenvalue weighted by Gasteiger charge is -2.10. The third-order valence-electron chi connectivity index (χ3n) is 3.06. The third-order valence-corrected chi connectivity index (χ3v) is 3.06. The van der Waals surface area contributed by atoms with Gasteiger partial charge in [0, 0.05) is 12.1 Å². The first-order valence-corrected chi connectivity index (χ1v) is 7.30. The van der Waals surface area contributed by atoms with Crippen molar-refractivity contribution in [2.75, 3.05) is 11.9 Å². The van der Waals surface area contributed by atoms with Crippen LogP contribution in [0.15, 0.2) is 60.7 Å². The quantitative estimate of drug-likeness (QED) is 0.633. The van der Waals surface area contributed by atoms with Gasteiger partial charge in [-0.05, 0) is 17.7 Å². The number of halogens is 1. The highest BCUT2D eigenvalue weighted by Crippen LogP contribution is 2.04. The second-order valence-electron chi connectivity index (χ2n) is 5.10. The van der Waals surface area contributed by atoms with Gasteiger partial charge in [-0.1, -0.05) is 48.5 Å². The minimum absolute atomic E-state index is 0. The minimum atomic E-state index is -0.792. The van der Waals surface area contributed by atoms with E-state index in [-0.39, 0.29) is 25.1 Å². The van der Waals surface area contributed by atoms with Crippen molar-refractivity contribution in [2.24, 2.45) is 0 Å². The van der Waals surface area contributed by atoms with Crippen LogP contribution in [0.4, 0.5) is 15.3 Å². The summed E-state index contributed by atoms with van der Waals surface area (Å²) in [5.41, 5.74) is 5.66. The number of nitrogens with one attached hydrogen (secondary N) is 2. The normalized spacial score (nSPS) is 10.9. The number of amides is 3. The number of urea groups is 1. The van der Waals surface area contributed by atoms with Crippen LogP contribution < -0.4 is 28.8 Å². The molecule has 0 bridgehead atoms. The van der Waals surface area contributed by atoms with E-state index in [4.69, 9.17) is 4.74 Å². The van der Waals surface area contributed by atoms with Crippen LogP contribution in [0.3, 0.4) is 0 Å². The Morgan fingerprint density at radius 1 is 1.00 bits per heavy atom. The number of para-hydroxylation sites is 1. The van der Waals surface area contributed by atoms with Crippen LogP contribution in [0.25, 0.3) is 0 Å². The molecule has 5 N–H and O–H groups in total. The molecule has 0 aliphatic rings. The molecule has 0 aromatic heterocycles. The maximum Gasteiger partial charge on any atom is 0.415 e. The predicted molar refractivity (Wildman–Crippen MR) is 86.8 cm³/mol. The van der Waals surface area contributed by atoms with E-state index < -0.39 is 12.1 Å². The molecule has 2 rings (SSSR count). The van der Waals surface area contributed by atoms with Gasteiger partial charge in [0.05, 0.1) is 0 Å². The highest BCUT2D eigenvalue weighted by Gasteiger charge is 2.13. The van der Waals surface area contributed by atoms with E-state index in [1.807, 2.05) is 36.4 Å². The first-order chi connectivity index (χ1) is 11.1. The molecule has 3 amide bonds. The lowest BCUT2D eigenvalue weighted by Crippen LogP contribution is -3.00. The summed E-state index contributed by atoms with van der Waals surface area (Å²) in [5.74, 6) is 0. The van der Waals surface area contributed by atoms with Crippen molar-refractivity contribution in [1.82, 2.24) is 5.32 Å². The Labute approximate surface area is 146 Å². The van der Waals surface area contributed by atoms with Crippen LogP contribution in [-0.2, 0) is 11.2 Å². The van der Waals surface area contributed by atoms with E-state index in [9.17, 15) is 9.59 Å². The van der Waals surface area contributed by atoms with Gasteiger partial charge >= 0.3 is 12.1 Å². The summed E-state index contributed by atoms with van der Waals surface area (Å²) in [6.45, 7) is 0.138. The summed E-state index contributed by atoms with van der Waals surface area (Å²) in [6.07, 6.45) is -0.0928. The summed E-state index contributed by atoms with van der Waals surface area (Å²) < 4.78 is 5.01. The Morgan fingerprint density at radius 2 is 1.58 bits per heavy atom. The molecule has 7 heteroatoms. The van der Waals surface area contributed by atoms with Crippen LogP contribution >= 0.6 is 0 Å². The summed E-state index contributed by atoms with van der Waals surface area (Å²) in [5, 5.41) is 4.64. The number of carbonyl (C=O) groups is 2. The average Bonchev–Trinajstić information content (AvgIpc) is 2.55. The van der Waals surface area contributed by atoms with Gasteiger partial charge in [-0.3, -0.25) is 0 Å². The highest BCUT2D eigenvalue weighted by molar-refractivity contribution is 5.98. The molecule has 0 unspecified atom stereocenters. The summed E-state index contributed by atoms with van der Waals surface area (Å²) in [7, 11) is 0. The number of quaternary nitrogens is 1. The number of anilines is 1. The van der Waals surface area contributed by atoms with Crippen LogP contribution in [0.1, 0.15) is 5.56 Å². The van der Waals surface area contributed by atoms with Gasteiger partial charge in [-0.2, -0.15) is 0 Å². The molecule has 2 aromatic rings. The molecule has 0 heterocycles. The van der Waals surface area contributed by atoms with E-state index in [0.29, 0.717) is 12.1 Å². The standard InChI is InChI=1S/C17H19N3O3.ClH/c18-14(11-13-7-3-1-4-8-13)12-23-17(22)20-16(21)19-15-9-5-2-6-10-15;/h1-10,14H,11-12,18H2,(H2,19,20,21,22);1H/t14-;/m1./s1. The van der Waals surface area contributed by atoms with Gasteiger partial charge in [-0.25, -0.2) is 14.9 Å². The van der Waals surface area contributed by atoms with Crippen LogP contribution in [-0.4, -0.2) is 24.8 Å². The van der Waals surface area contributed by atoms with Crippen molar-refractivity contribution in [2.45, 2.75) is 12.5 Å². The molecule has 128 valence electrons. The molecule has 0 aliphatic heterocycles. The molecule has 0 aliphatic carbocycles. The second kappa shape index (κ2) is 10.3. The van der Waals surface area contributed by atoms with Gasteiger partial charge in [0.15, 0.2) is 0 Å². The molecule has 2 aromatic carbocycles. The first kappa shape index (κ1) is 19.5. The number of imide groups is 1. The Balaban J connectivity index is 0.00000288. The van der Waals surface area contributed by atoms with Gasteiger partial charge < -0.3 is 28.2 Å². The van der Waals surface area contributed by atoms with E-state index >= 15 is 0 Å². The topological polar surface area (TPSA) is 95.1 Å². The summed E-state index contributed by atoms with van der Waals surface area (Å²) in [4.78, 5) is 23.2. The summed E-state index contributed by atoms with van der Waals surface area (Å²) >= 11 is 0. The zero-order valence-corrected chi connectivity index (χ0v) is 13.8. The molecule has 0 radical (unpaired) electrons. The minimum Gasteiger partial charge on any atom is -1.00 e. The van der Waals surface area contributed by atoms with Crippen molar-refractivity contribution in [3.63, 3.8) is 0 Å². The Hall–Kier alpha value is -2.57. The monoisotopic (exact) mass is 349 g/mol. The lowest BCUT2D eigenvalue weighted by atomic mass is 10.1. The molecule has 0 fully saturated rings. The van der Waals surface area contributed by atoms with E-state index in [1.165, 1.54) is 0 Å². The van der Waals surface area contributed by atoms with Gasteiger partial charge in [0.1, 0.15) is 12.6 Å². The number of ether oxygens (including phenoxy) is 1. The Kier molecular flexibility index (Phi) is 8.32. The number of alkyl carbamates (subject to hydrolysis) is 1. The second-order valence-corrected chi connectivity index (χ2v) is 5.10. The van der Waals surface area contributed by atoms with Crippen molar-refractivity contribution in [3.05, 3.63) is 66.2 Å². The maximum absolute atomic E-state index is 11.6. The Morgan fingerprint density at radius 3 is 2.21 bits per heavy atom. The number of carbonyl (C=O) groups excluding carboxylic acids is 2. The van der Waals surface area contributed by atoms with Crippen molar-refractivity contribution >= 4 is 17.8 Å². The number of benzene rings is 2. The van der Waals surface area contributed by atoms with E-state index in [1.54, 1.807) is 24.3 Å². The van der Waals surface area contributed by atoms with E-state index in [2.05, 4.69) is 16.4 Å². The fourth-order valence-corrected chi connectivity index (χ4v) is 2.01. The molecular weight excluding hydrogens is 330 g/mol.